The molecule has 0 atom stereocenters. The molecule has 0 saturated heterocycles. The highest BCUT2D eigenvalue weighted by atomic mass is 35.5. The van der Waals surface area contributed by atoms with Crippen molar-refractivity contribution in [2.45, 2.75) is 38.1 Å². The molecule has 0 aliphatic heterocycles. The Balaban J connectivity index is 2.01. The van der Waals surface area contributed by atoms with Crippen LogP contribution in [0.3, 0.4) is 0 Å². The number of carbonyl (C=O) groups excluding carboxylic acids is 1. The Hall–Kier alpha value is -1.09. The molecule has 17 heavy (non-hydrogen) atoms. The lowest BCUT2D eigenvalue weighted by Gasteiger charge is -2.53. The van der Waals surface area contributed by atoms with Crippen molar-refractivity contribution in [2.75, 3.05) is 0 Å². The minimum Gasteiger partial charge on any atom is -0.347 e. The summed E-state index contributed by atoms with van der Waals surface area (Å²) in [6.45, 7) is 1.88. The number of hydrogen-bond acceptors (Lipinski definition) is 2. The Kier molecular flexibility index (Phi) is 2.40. The monoisotopic (exact) mass is 250 g/mol. The van der Waals surface area contributed by atoms with Gasteiger partial charge in [-0.2, -0.15) is 0 Å². The Bertz CT molecular complexity index is 480. The van der Waals surface area contributed by atoms with Gasteiger partial charge in [0.05, 0.1) is 10.6 Å². The fraction of sp³-hybridized carbons (Fsp3) is 0.538. The number of hydrogen-bond donors (Lipinski definition) is 1. The summed E-state index contributed by atoms with van der Waals surface area (Å²) in [4.78, 5) is 15.8. The second-order valence-corrected chi connectivity index (χ2v) is 5.52. The van der Waals surface area contributed by atoms with Crippen LogP contribution in [0.1, 0.15) is 37.3 Å². The summed E-state index contributed by atoms with van der Waals surface area (Å²) in [5, 5.41) is 3.89. The lowest BCUT2D eigenvalue weighted by atomic mass is 9.57. The zero-order valence-corrected chi connectivity index (χ0v) is 10.5. The van der Waals surface area contributed by atoms with Crippen molar-refractivity contribution in [1.29, 1.82) is 0 Å². The first-order valence-corrected chi connectivity index (χ1v) is 6.46. The minimum atomic E-state index is -0.177. The molecule has 1 saturated carbocycles. The third-order valence-electron chi connectivity index (χ3n) is 3.99. The zero-order valence-electron chi connectivity index (χ0n) is 9.79. The van der Waals surface area contributed by atoms with E-state index in [0.717, 1.165) is 29.8 Å². The first kappa shape index (κ1) is 11.0. The van der Waals surface area contributed by atoms with Crippen molar-refractivity contribution in [1.82, 2.24) is 10.3 Å². The summed E-state index contributed by atoms with van der Waals surface area (Å²) in [5.74, 6) is 0.774. The second-order valence-electron chi connectivity index (χ2n) is 5.11. The molecule has 0 radical (unpaired) electrons. The molecule has 3 aliphatic rings. The van der Waals surface area contributed by atoms with E-state index in [1.54, 1.807) is 6.20 Å². The molecule has 0 aromatic carbocycles. The fourth-order valence-corrected chi connectivity index (χ4v) is 3.42. The molecule has 1 N–H and O–H groups in total. The third kappa shape index (κ3) is 1.56. The van der Waals surface area contributed by atoms with Gasteiger partial charge in [0.25, 0.3) is 0 Å². The fourth-order valence-electron chi connectivity index (χ4n) is 3.18. The molecule has 2 bridgehead atoms. The van der Waals surface area contributed by atoms with Gasteiger partial charge in [0, 0.05) is 24.4 Å². The van der Waals surface area contributed by atoms with Crippen molar-refractivity contribution in [2.24, 2.45) is 5.92 Å². The molecule has 3 aliphatic carbocycles. The number of carbonyl (C=O) groups is 1. The maximum Gasteiger partial charge on any atom is 0.220 e. The van der Waals surface area contributed by atoms with Gasteiger partial charge in [-0.1, -0.05) is 18.5 Å². The summed E-state index contributed by atoms with van der Waals surface area (Å²) in [6.07, 6.45) is 7.19. The predicted octanol–water partition coefficient (Wildman–Crippen LogP) is 2.42. The van der Waals surface area contributed by atoms with Gasteiger partial charge < -0.3 is 5.32 Å². The van der Waals surface area contributed by atoms with Crippen LogP contribution in [-0.2, 0) is 16.8 Å². The number of aromatic nitrogens is 1. The van der Waals surface area contributed by atoms with Crippen molar-refractivity contribution >= 4 is 17.5 Å². The van der Waals surface area contributed by atoms with E-state index in [9.17, 15) is 4.79 Å². The zero-order chi connectivity index (χ0) is 12.0. The molecule has 1 aromatic heterocycles. The lowest BCUT2D eigenvalue weighted by Crippen LogP contribution is -2.58. The molecular formula is C13H15ClN2O. The molecule has 1 fully saturated rings. The van der Waals surface area contributed by atoms with Gasteiger partial charge in [0.15, 0.2) is 0 Å². The summed E-state index contributed by atoms with van der Waals surface area (Å²) in [6, 6.07) is 0. The summed E-state index contributed by atoms with van der Waals surface area (Å²) >= 11 is 6.19. The number of nitrogens with one attached hydrogen (secondary N) is 1. The Morgan fingerprint density at radius 1 is 1.59 bits per heavy atom. The number of halogens is 1. The van der Waals surface area contributed by atoms with E-state index in [-0.39, 0.29) is 11.4 Å². The van der Waals surface area contributed by atoms with Gasteiger partial charge in [0.2, 0.25) is 5.91 Å². The highest BCUT2D eigenvalue weighted by Crippen LogP contribution is 2.53. The molecular weight excluding hydrogens is 236 g/mol. The predicted molar refractivity (Wildman–Crippen MR) is 65.8 cm³/mol. The van der Waals surface area contributed by atoms with Gasteiger partial charge in [-0.05, 0) is 30.7 Å². The number of rotatable bonds is 2. The Morgan fingerprint density at radius 2 is 2.35 bits per heavy atom. The second kappa shape index (κ2) is 3.70. The van der Waals surface area contributed by atoms with Crippen LogP contribution in [0, 0.1) is 5.92 Å². The summed E-state index contributed by atoms with van der Waals surface area (Å²) in [5.41, 5.74) is 2.14. The van der Waals surface area contributed by atoms with E-state index < -0.39 is 0 Å². The average molecular weight is 251 g/mol. The van der Waals surface area contributed by atoms with Crippen LogP contribution in [0.15, 0.2) is 12.4 Å². The average Bonchev–Trinajstić information content (AvgIpc) is 2.28. The van der Waals surface area contributed by atoms with E-state index in [1.165, 1.54) is 5.56 Å². The standard InChI is InChI=1S/C13H15ClN2O/c1-2-12(17)16-13-4-8(5-13)3-9-10(13)6-15-7-11(9)14/h6-8H,2-5H2,1H3,(H,16,17). The van der Waals surface area contributed by atoms with Gasteiger partial charge in [-0.25, -0.2) is 0 Å². The van der Waals surface area contributed by atoms with Crippen molar-refractivity contribution < 1.29 is 4.79 Å². The normalized spacial score (nSPS) is 29.2. The van der Waals surface area contributed by atoms with E-state index >= 15 is 0 Å². The maximum absolute atomic E-state index is 11.6. The minimum absolute atomic E-state index is 0.108. The number of nitrogens with zero attached hydrogens (tertiary/aromatic N) is 1. The molecule has 0 unspecified atom stereocenters. The van der Waals surface area contributed by atoms with Gasteiger partial charge in [-0.3, -0.25) is 9.78 Å². The quantitative estimate of drug-likeness (QED) is 0.876. The van der Waals surface area contributed by atoms with Gasteiger partial charge in [0.1, 0.15) is 0 Å². The van der Waals surface area contributed by atoms with Crippen LogP contribution in [0.5, 0.6) is 0 Å². The Morgan fingerprint density at radius 3 is 3.06 bits per heavy atom. The highest BCUT2D eigenvalue weighted by Gasteiger charge is 2.51. The largest absolute Gasteiger partial charge is 0.347 e. The highest BCUT2D eigenvalue weighted by molar-refractivity contribution is 6.31. The van der Waals surface area contributed by atoms with Crippen molar-refractivity contribution in [3.8, 4) is 0 Å². The van der Waals surface area contributed by atoms with E-state index in [4.69, 9.17) is 11.6 Å². The summed E-state index contributed by atoms with van der Waals surface area (Å²) in [7, 11) is 0. The van der Waals surface area contributed by atoms with Crippen LogP contribution in [0.25, 0.3) is 0 Å². The van der Waals surface area contributed by atoms with Crippen LogP contribution in [0.2, 0.25) is 5.02 Å². The van der Waals surface area contributed by atoms with E-state index in [2.05, 4.69) is 10.3 Å². The summed E-state index contributed by atoms with van der Waals surface area (Å²) < 4.78 is 0. The molecule has 3 nitrogen and oxygen atoms in total. The SMILES string of the molecule is CCC(=O)NC12CC(Cc3c(Cl)cncc31)C2. The number of amides is 1. The molecule has 0 spiro atoms. The molecule has 4 rings (SSSR count). The smallest absolute Gasteiger partial charge is 0.220 e. The lowest BCUT2D eigenvalue weighted by molar-refractivity contribution is -0.125. The maximum atomic E-state index is 11.6. The first-order chi connectivity index (χ1) is 8.14. The topological polar surface area (TPSA) is 42.0 Å². The van der Waals surface area contributed by atoms with E-state index in [1.807, 2.05) is 13.1 Å². The molecule has 4 heteroatoms. The number of pyridine rings is 1. The van der Waals surface area contributed by atoms with Crippen LogP contribution < -0.4 is 5.32 Å². The van der Waals surface area contributed by atoms with Crippen molar-refractivity contribution in [3.05, 3.63) is 28.5 Å². The molecule has 1 heterocycles. The molecule has 1 aromatic rings. The van der Waals surface area contributed by atoms with Gasteiger partial charge in [-0.15, -0.1) is 0 Å². The molecule has 1 amide bonds. The third-order valence-corrected chi connectivity index (χ3v) is 4.31. The van der Waals surface area contributed by atoms with Crippen LogP contribution in [-0.4, -0.2) is 10.9 Å². The Labute approximate surface area is 106 Å². The van der Waals surface area contributed by atoms with Crippen LogP contribution in [0.4, 0.5) is 0 Å². The van der Waals surface area contributed by atoms with Crippen LogP contribution >= 0.6 is 11.6 Å². The first-order valence-electron chi connectivity index (χ1n) is 6.08. The molecule has 90 valence electrons. The van der Waals surface area contributed by atoms with E-state index in [0.29, 0.717) is 12.3 Å². The van der Waals surface area contributed by atoms with Crippen molar-refractivity contribution in [3.63, 3.8) is 0 Å². The van der Waals surface area contributed by atoms with Gasteiger partial charge >= 0.3 is 0 Å².